The van der Waals surface area contributed by atoms with Gasteiger partial charge in [-0.15, -0.1) is 0 Å². The van der Waals surface area contributed by atoms with Gasteiger partial charge in [0.2, 0.25) is 0 Å². The number of carboxylic acid groups (broad SMARTS) is 2. The van der Waals surface area contributed by atoms with Gasteiger partial charge in [-0.3, -0.25) is 9.69 Å². The van der Waals surface area contributed by atoms with Crippen LogP contribution in [0.5, 0.6) is 0 Å². The van der Waals surface area contributed by atoms with Gasteiger partial charge in [0.1, 0.15) is 0 Å². The average Bonchev–Trinajstić information content (AvgIpc) is 2.85. The van der Waals surface area contributed by atoms with Crippen molar-refractivity contribution in [3.05, 3.63) is 35.4 Å². The second-order valence-corrected chi connectivity index (χ2v) is 11.8. The highest BCUT2D eigenvalue weighted by molar-refractivity contribution is 5.87. The molecule has 2 fully saturated rings. The molecule has 0 aromatic heterocycles. The van der Waals surface area contributed by atoms with E-state index in [1.54, 1.807) is 12.1 Å². The highest BCUT2D eigenvalue weighted by atomic mass is 16.5. The second kappa shape index (κ2) is 17.6. The standard InChI is InChI=1S/C32H51NO5/c34-31(35)17-11-12-22-33(23-26-18-20-29(21-19-26)32(36)37)24-30(28-15-9-5-2-6-10-16-28)38-25-27-13-7-3-1-4-8-14-27/h18-21,27-28,30H,1-17,22-25H2,(H,34,35)(H,36,37). The maximum Gasteiger partial charge on any atom is 0.335 e. The van der Waals surface area contributed by atoms with E-state index in [2.05, 4.69) is 4.90 Å². The van der Waals surface area contributed by atoms with Crippen molar-refractivity contribution >= 4 is 11.9 Å². The Morgan fingerprint density at radius 3 is 1.97 bits per heavy atom. The lowest BCUT2D eigenvalue weighted by Crippen LogP contribution is -2.40. The maximum atomic E-state index is 11.3. The van der Waals surface area contributed by atoms with Crippen molar-refractivity contribution in [3.63, 3.8) is 0 Å². The lowest BCUT2D eigenvalue weighted by Gasteiger charge is -2.35. The third-order valence-corrected chi connectivity index (χ3v) is 8.61. The third kappa shape index (κ3) is 11.9. The van der Waals surface area contributed by atoms with Gasteiger partial charge in [-0.2, -0.15) is 0 Å². The Bertz CT molecular complexity index is 795. The first-order chi connectivity index (χ1) is 18.5. The fraction of sp³-hybridized carbons (Fsp3) is 0.750. The molecule has 0 aliphatic heterocycles. The smallest absolute Gasteiger partial charge is 0.335 e. The van der Waals surface area contributed by atoms with Crippen LogP contribution in [0.2, 0.25) is 0 Å². The van der Waals surface area contributed by atoms with E-state index < -0.39 is 11.9 Å². The molecule has 0 heterocycles. The van der Waals surface area contributed by atoms with Gasteiger partial charge < -0.3 is 14.9 Å². The molecule has 6 nitrogen and oxygen atoms in total. The highest BCUT2D eigenvalue weighted by Gasteiger charge is 2.27. The lowest BCUT2D eigenvalue weighted by atomic mass is 9.86. The Morgan fingerprint density at radius 2 is 1.39 bits per heavy atom. The monoisotopic (exact) mass is 529 g/mol. The van der Waals surface area contributed by atoms with E-state index in [9.17, 15) is 14.7 Å². The fourth-order valence-electron chi connectivity index (χ4n) is 6.28. The molecular formula is C32H51NO5. The van der Waals surface area contributed by atoms with Crippen molar-refractivity contribution in [2.45, 2.75) is 122 Å². The molecule has 2 saturated carbocycles. The minimum Gasteiger partial charge on any atom is -0.481 e. The van der Waals surface area contributed by atoms with Crippen LogP contribution in [0.4, 0.5) is 0 Å². The van der Waals surface area contributed by atoms with Crippen LogP contribution in [0.3, 0.4) is 0 Å². The molecule has 0 amide bonds. The van der Waals surface area contributed by atoms with Gasteiger partial charge in [-0.1, -0.05) is 76.3 Å². The van der Waals surface area contributed by atoms with Crippen molar-refractivity contribution < 1.29 is 24.5 Å². The first-order valence-electron chi connectivity index (χ1n) is 15.4. The molecule has 1 unspecified atom stereocenters. The summed E-state index contributed by atoms with van der Waals surface area (Å²) in [5, 5.41) is 18.4. The minimum atomic E-state index is -0.908. The molecule has 0 spiro atoms. The fourth-order valence-corrected chi connectivity index (χ4v) is 6.28. The predicted molar refractivity (Wildman–Crippen MR) is 152 cm³/mol. The number of carbonyl (C=O) groups is 2. The first kappa shape index (κ1) is 30.6. The average molecular weight is 530 g/mol. The molecule has 1 aromatic carbocycles. The van der Waals surface area contributed by atoms with Crippen molar-refractivity contribution in [1.29, 1.82) is 0 Å². The summed E-state index contributed by atoms with van der Waals surface area (Å²) in [6.07, 6.45) is 20.2. The number of aliphatic carboxylic acids is 1. The molecule has 2 N–H and O–H groups in total. The Labute approximate surface area is 230 Å². The van der Waals surface area contributed by atoms with Crippen LogP contribution in [0.15, 0.2) is 24.3 Å². The predicted octanol–water partition coefficient (Wildman–Crippen LogP) is 7.55. The van der Waals surface area contributed by atoms with Gasteiger partial charge in [-0.25, -0.2) is 4.79 Å². The number of nitrogens with zero attached hydrogens (tertiary/aromatic N) is 1. The highest BCUT2D eigenvalue weighted by Crippen LogP contribution is 2.29. The van der Waals surface area contributed by atoms with Crippen LogP contribution in [-0.4, -0.2) is 52.9 Å². The molecule has 0 radical (unpaired) electrons. The molecule has 0 bridgehead atoms. The zero-order valence-electron chi connectivity index (χ0n) is 23.5. The molecular weight excluding hydrogens is 478 g/mol. The number of ether oxygens (including phenoxy) is 1. The molecule has 6 heteroatoms. The first-order valence-corrected chi connectivity index (χ1v) is 15.4. The Kier molecular flexibility index (Phi) is 14.2. The van der Waals surface area contributed by atoms with Gasteiger partial charge in [0, 0.05) is 26.1 Å². The summed E-state index contributed by atoms with van der Waals surface area (Å²) in [4.78, 5) is 24.8. The summed E-state index contributed by atoms with van der Waals surface area (Å²) in [6.45, 7) is 3.26. The number of carboxylic acids is 2. The van der Waals surface area contributed by atoms with E-state index >= 15 is 0 Å². The summed E-state index contributed by atoms with van der Waals surface area (Å²) >= 11 is 0. The van der Waals surface area contributed by atoms with E-state index in [1.165, 1.54) is 89.9 Å². The lowest BCUT2D eigenvalue weighted by molar-refractivity contribution is -0.137. The van der Waals surface area contributed by atoms with Crippen molar-refractivity contribution in [1.82, 2.24) is 4.90 Å². The molecule has 214 valence electrons. The second-order valence-electron chi connectivity index (χ2n) is 11.8. The Hall–Kier alpha value is -1.92. The summed E-state index contributed by atoms with van der Waals surface area (Å²) in [5.74, 6) is -0.413. The molecule has 38 heavy (non-hydrogen) atoms. The Morgan fingerprint density at radius 1 is 0.816 bits per heavy atom. The van der Waals surface area contributed by atoms with Crippen LogP contribution in [0.25, 0.3) is 0 Å². The minimum absolute atomic E-state index is 0.191. The van der Waals surface area contributed by atoms with Crippen LogP contribution in [0.1, 0.15) is 125 Å². The molecule has 3 rings (SSSR count). The van der Waals surface area contributed by atoms with Gasteiger partial charge >= 0.3 is 11.9 Å². The SMILES string of the molecule is O=C(O)CCCCN(Cc1ccc(C(=O)O)cc1)CC(OCC1CCCCCCC1)C1CCCCCCC1. The van der Waals surface area contributed by atoms with Crippen molar-refractivity contribution in [2.24, 2.45) is 11.8 Å². The number of hydrogen-bond acceptors (Lipinski definition) is 4. The van der Waals surface area contributed by atoms with Gasteiger partial charge in [0.05, 0.1) is 11.7 Å². The number of benzene rings is 1. The number of unbranched alkanes of at least 4 members (excludes halogenated alkanes) is 1. The van der Waals surface area contributed by atoms with Gasteiger partial charge in [0.15, 0.2) is 0 Å². The molecule has 0 saturated heterocycles. The van der Waals surface area contributed by atoms with E-state index in [-0.39, 0.29) is 12.5 Å². The quantitative estimate of drug-likeness (QED) is 0.242. The number of aromatic carboxylic acids is 1. The molecule has 1 aromatic rings. The maximum absolute atomic E-state index is 11.3. The van der Waals surface area contributed by atoms with E-state index in [0.717, 1.165) is 38.2 Å². The largest absolute Gasteiger partial charge is 0.481 e. The summed E-state index contributed by atoms with van der Waals surface area (Å²) in [6, 6.07) is 7.18. The van der Waals surface area contributed by atoms with E-state index in [0.29, 0.717) is 23.8 Å². The van der Waals surface area contributed by atoms with Crippen molar-refractivity contribution in [2.75, 3.05) is 19.7 Å². The van der Waals surface area contributed by atoms with Crippen molar-refractivity contribution in [3.8, 4) is 0 Å². The van der Waals surface area contributed by atoms with Crippen LogP contribution in [0, 0.1) is 11.8 Å². The molecule has 2 aliphatic rings. The Balaban J connectivity index is 1.70. The topological polar surface area (TPSA) is 87.1 Å². The van der Waals surface area contributed by atoms with Crippen LogP contribution < -0.4 is 0 Å². The van der Waals surface area contributed by atoms with E-state index in [4.69, 9.17) is 9.84 Å². The van der Waals surface area contributed by atoms with Crippen LogP contribution >= 0.6 is 0 Å². The van der Waals surface area contributed by atoms with Crippen LogP contribution in [-0.2, 0) is 16.1 Å². The summed E-state index contributed by atoms with van der Waals surface area (Å²) < 4.78 is 6.86. The third-order valence-electron chi connectivity index (χ3n) is 8.61. The normalized spacial score (nSPS) is 19.3. The molecule has 1 atom stereocenters. The number of rotatable bonds is 14. The zero-order chi connectivity index (χ0) is 27.0. The zero-order valence-corrected chi connectivity index (χ0v) is 23.5. The number of hydrogen-bond donors (Lipinski definition) is 2. The molecule has 2 aliphatic carbocycles. The summed E-state index contributed by atoms with van der Waals surface area (Å²) in [5.41, 5.74) is 1.39. The van der Waals surface area contributed by atoms with Gasteiger partial charge in [-0.05, 0) is 74.6 Å². The van der Waals surface area contributed by atoms with Gasteiger partial charge in [0.25, 0.3) is 0 Å². The summed E-state index contributed by atoms with van der Waals surface area (Å²) in [7, 11) is 0. The van der Waals surface area contributed by atoms with E-state index in [1.807, 2.05) is 12.1 Å².